The molecule has 1 aromatic rings. The molecule has 0 unspecified atom stereocenters. The maximum atomic E-state index is 12.0. The van der Waals surface area contributed by atoms with Gasteiger partial charge in [-0.25, -0.2) is 4.79 Å². The molecule has 1 aromatic carbocycles. The third-order valence-corrected chi connectivity index (χ3v) is 3.32. The van der Waals surface area contributed by atoms with Crippen LogP contribution < -0.4 is 10.1 Å². The van der Waals surface area contributed by atoms with E-state index in [9.17, 15) is 9.59 Å². The summed E-state index contributed by atoms with van der Waals surface area (Å²) in [6.45, 7) is 3.91. The van der Waals surface area contributed by atoms with E-state index in [1.807, 2.05) is 26.0 Å². The summed E-state index contributed by atoms with van der Waals surface area (Å²) in [5.74, 6) is -0.552. The first kappa shape index (κ1) is 17.0. The predicted molar refractivity (Wildman–Crippen MR) is 80.5 cm³/mol. The molecule has 0 radical (unpaired) electrons. The van der Waals surface area contributed by atoms with Crippen LogP contribution in [-0.4, -0.2) is 30.1 Å². The number of methoxy groups -OCH3 is 1. The second-order valence-electron chi connectivity index (χ2n) is 5.08. The number of rotatable bonds is 8. The van der Waals surface area contributed by atoms with Crippen molar-refractivity contribution in [2.24, 2.45) is 0 Å². The van der Waals surface area contributed by atoms with Crippen LogP contribution in [0.2, 0.25) is 0 Å². The van der Waals surface area contributed by atoms with Crippen molar-refractivity contribution in [1.29, 1.82) is 0 Å². The van der Waals surface area contributed by atoms with Crippen LogP contribution in [0.25, 0.3) is 0 Å². The topological polar surface area (TPSA) is 75.6 Å². The molecule has 0 fully saturated rings. The largest absolute Gasteiger partial charge is 0.496 e. The van der Waals surface area contributed by atoms with Gasteiger partial charge in [-0.15, -0.1) is 0 Å². The molecule has 21 heavy (non-hydrogen) atoms. The second kappa shape index (κ2) is 8.29. The fraction of sp³-hybridized carbons (Fsp3) is 0.500. The molecular weight excluding hydrogens is 270 g/mol. The van der Waals surface area contributed by atoms with Crippen LogP contribution in [0.4, 0.5) is 0 Å². The van der Waals surface area contributed by atoms with Gasteiger partial charge >= 0.3 is 5.97 Å². The Labute approximate surface area is 125 Å². The van der Waals surface area contributed by atoms with Crippen LogP contribution in [0.5, 0.6) is 5.75 Å². The first-order valence-corrected chi connectivity index (χ1v) is 7.13. The summed E-state index contributed by atoms with van der Waals surface area (Å²) in [6, 6.07) is 4.72. The zero-order chi connectivity index (χ0) is 15.8. The minimum absolute atomic E-state index is 0.145. The van der Waals surface area contributed by atoms with Gasteiger partial charge in [0.1, 0.15) is 11.8 Å². The van der Waals surface area contributed by atoms with E-state index >= 15 is 0 Å². The summed E-state index contributed by atoms with van der Waals surface area (Å²) in [6.07, 6.45) is 2.27. The molecule has 1 rings (SSSR count). The van der Waals surface area contributed by atoms with E-state index in [1.165, 1.54) is 0 Å². The third kappa shape index (κ3) is 5.45. The van der Waals surface area contributed by atoms with Crippen LogP contribution in [0.15, 0.2) is 18.2 Å². The summed E-state index contributed by atoms with van der Waals surface area (Å²) in [7, 11) is 1.58. The summed E-state index contributed by atoms with van der Waals surface area (Å²) in [5.41, 5.74) is 1.79. The van der Waals surface area contributed by atoms with Crippen molar-refractivity contribution in [2.45, 2.75) is 45.6 Å². The summed E-state index contributed by atoms with van der Waals surface area (Å²) in [5, 5.41) is 11.7. The van der Waals surface area contributed by atoms with Crippen molar-refractivity contribution in [2.75, 3.05) is 7.11 Å². The first-order chi connectivity index (χ1) is 9.97. The maximum Gasteiger partial charge on any atom is 0.326 e. The van der Waals surface area contributed by atoms with Crippen molar-refractivity contribution in [3.05, 3.63) is 29.3 Å². The Kier molecular flexibility index (Phi) is 6.72. The zero-order valence-electron chi connectivity index (χ0n) is 12.8. The predicted octanol–water partition coefficient (Wildman–Crippen LogP) is 2.31. The van der Waals surface area contributed by atoms with Crippen molar-refractivity contribution < 1.29 is 19.4 Å². The molecular formula is C16H23NO4. The van der Waals surface area contributed by atoms with Crippen LogP contribution in [0.3, 0.4) is 0 Å². The molecule has 1 amide bonds. The van der Waals surface area contributed by atoms with Crippen molar-refractivity contribution in [3.8, 4) is 5.75 Å². The molecule has 0 aliphatic rings. The van der Waals surface area contributed by atoms with Crippen molar-refractivity contribution in [3.63, 3.8) is 0 Å². The molecule has 0 heterocycles. The number of carboxylic acids is 1. The van der Waals surface area contributed by atoms with Crippen LogP contribution in [0.1, 0.15) is 37.3 Å². The monoisotopic (exact) mass is 293 g/mol. The fourth-order valence-electron chi connectivity index (χ4n) is 2.07. The highest BCUT2D eigenvalue weighted by atomic mass is 16.5. The molecule has 0 saturated carbocycles. The van der Waals surface area contributed by atoms with Crippen molar-refractivity contribution >= 4 is 11.9 Å². The third-order valence-electron chi connectivity index (χ3n) is 3.32. The number of nitrogens with one attached hydrogen (secondary N) is 1. The minimum atomic E-state index is -0.988. The average Bonchev–Trinajstić information content (AvgIpc) is 2.45. The molecule has 0 aromatic heterocycles. The number of amides is 1. The van der Waals surface area contributed by atoms with Gasteiger partial charge in [0.15, 0.2) is 0 Å². The molecule has 0 spiro atoms. The average molecular weight is 293 g/mol. The fourth-order valence-corrected chi connectivity index (χ4v) is 2.07. The van der Waals surface area contributed by atoms with Gasteiger partial charge in [0, 0.05) is 0 Å². The lowest BCUT2D eigenvalue weighted by atomic mass is 10.1. The van der Waals surface area contributed by atoms with E-state index in [0.717, 1.165) is 29.7 Å². The summed E-state index contributed by atoms with van der Waals surface area (Å²) >= 11 is 0. The standard InChI is InChI=1S/C16H23NO4/c1-4-5-6-13(16(19)20)17-15(18)10-12-8-7-11(2)14(9-12)21-3/h7-9,13H,4-6,10H2,1-3H3,(H,17,18)(H,19,20)/t13-/m0/s1. The lowest BCUT2D eigenvalue weighted by Gasteiger charge is -2.14. The highest BCUT2D eigenvalue weighted by Crippen LogP contribution is 2.19. The Balaban J connectivity index is 2.65. The molecule has 2 N–H and O–H groups in total. The lowest BCUT2D eigenvalue weighted by Crippen LogP contribution is -2.41. The first-order valence-electron chi connectivity index (χ1n) is 7.13. The molecule has 5 nitrogen and oxygen atoms in total. The Morgan fingerprint density at radius 1 is 1.38 bits per heavy atom. The van der Waals surface area contributed by atoms with Gasteiger partial charge in [-0.05, 0) is 30.5 Å². The van der Waals surface area contributed by atoms with E-state index in [2.05, 4.69) is 5.32 Å². The van der Waals surface area contributed by atoms with E-state index in [0.29, 0.717) is 6.42 Å². The molecule has 0 aliphatic carbocycles. The summed E-state index contributed by atoms with van der Waals surface area (Å²) < 4.78 is 5.21. The molecule has 0 aliphatic heterocycles. The number of hydrogen-bond acceptors (Lipinski definition) is 3. The molecule has 1 atom stereocenters. The SMILES string of the molecule is CCCC[C@H](NC(=O)Cc1ccc(C)c(OC)c1)C(=O)O. The van der Waals surface area contributed by atoms with E-state index in [-0.39, 0.29) is 12.3 Å². The summed E-state index contributed by atoms with van der Waals surface area (Å²) in [4.78, 5) is 23.1. The number of aliphatic carboxylic acids is 1. The Morgan fingerprint density at radius 2 is 2.10 bits per heavy atom. The van der Waals surface area contributed by atoms with Crippen LogP contribution in [-0.2, 0) is 16.0 Å². The Morgan fingerprint density at radius 3 is 2.67 bits per heavy atom. The van der Waals surface area contributed by atoms with Crippen LogP contribution >= 0.6 is 0 Å². The lowest BCUT2D eigenvalue weighted by molar-refractivity contribution is -0.142. The molecule has 0 bridgehead atoms. The van der Waals surface area contributed by atoms with Gasteiger partial charge in [0.2, 0.25) is 5.91 Å². The maximum absolute atomic E-state index is 12.0. The molecule has 116 valence electrons. The Bertz CT molecular complexity index is 499. The van der Waals surface area contributed by atoms with Gasteiger partial charge in [0.25, 0.3) is 0 Å². The van der Waals surface area contributed by atoms with E-state index in [4.69, 9.17) is 9.84 Å². The Hall–Kier alpha value is -2.04. The van der Waals surface area contributed by atoms with Gasteiger partial charge in [-0.2, -0.15) is 0 Å². The minimum Gasteiger partial charge on any atom is -0.496 e. The number of carbonyl (C=O) groups excluding carboxylic acids is 1. The number of aryl methyl sites for hydroxylation is 1. The molecule has 0 saturated heterocycles. The number of carboxylic acid groups (broad SMARTS) is 1. The highest BCUT2D eigenvalue weighted by molar-refractivity contribution is 5.84. The van der Waals surface area contributed by atoms with Gasteiger partial charge in [-0.1, -0.05) is 31.9 Å². The number of ether oxygens (including phenoxy) is 1. The molecule has 5 heteroatoms. The van der Waals surface area contributed by atoms with Gasteiger partial charge in [0.05, 0.1) is 13.5 Å². The number of hydrogen-bond donors (Lipinski definition) is 2. The number of benzene rings is 1. The normalized spacial score (nSPS) is 11.8. The van der Waals surface area contributed by atoms with Crippen LogP contribution in [0, 0.1) is 6.92 Å². The van der Waals surface area contributed by atoms with E-state index in [1.54, 1.807) is 13.2 Å². The number of unbranched alkanes of at least 4 members (excludes halogenated alkanes) is 1. The van der Waals surface area contributed by atoms with Gasteiger partial charge < -0.3 is 15.2 Å². The van der Waals surface area contributed by atoms with Crippen molar-refractivity contribution in [1.82, 2.24) is 5.32 Å². The second-order valence-corrected chi connectivity index (χ2v) is 5.08. The zero-order valence-corrected chi connectivity index (χ0v) is 12.8. The highest BCUT2D eigenvalue weighted by Gasteiger charge is 2.19. The van der Waals surface area contributed by atoms with Gasteiger partial charge in [-0.3, -0.25) is 4.79 Å². The smallest absolute Gasteiger partial charge is 0.326 e. The number of carbonyl (C=O) groups is 2. The quantitative estimate of drug-likeness (QED) is 0.771. The van der Waals surface area contributed by atoms with E-state index < -0.39 is 12.0 Å².